The maximum atomic E-state index is 12.0. The van der Waals surface area contributed by atoms with Crippen LogP contribution in [0.5, 0.6) is 0 Å². The number of nitrogens with two attached hydrogens (primary N) is 1. The van der Waals surface area contributed by atoms with Crippen molar-refractivity contribution in [1.82, 2.24) is 0 Å². The summed E-state index contributed by atoms with van der Waals surface area (Å²) in [6.45, 7) is 7.44. The van der Waals surface area contributed by atoms with Gasteiger partial charge < -0.3 is 5.73 Å². The van der Waals surface area contributed by atoms with E-state index in [1.807, 2.05) is 0 Å². The van der Waals surface area contributed by atoms with Crippen molar-refractivity contribution in [3.8, 4) is 0 Å². The van der Waals surface area contributed by atoms with E-state index < -0.39 is 5.78 Å². The molecule has 0 aromatic rings. The number of hydrogen-bond donors (Lipinski definition) is 1. The molecule has 4 rings (SSSR count). The van der Waals surface area contributed by atoms with Crippen LogP contribution >= 0.6 is 0 Å². The lowest BCUT2D eigenvalue weighted by Gasteiger charge is -2.61. The quantitative estimate of drug-likeness (QED) is 0.594. The molecule has 3 nitrogen and oxygen atoms in total. The number of fused-ring (bicyclic) bond motifs is 5. The van der Waals surface area contributed by atoms with Gasteiger partial charge in [-0.15, -0.1) is 0 Å². The van der Waals surface area contributed by atoms with E-state index in [2.05, 4.69) is 20.8 Å². The fraction of sp³-hybridized carbons (Fsp3) is 0.923. The molecule has 2 N–H and O–H groups in total. The van der Waals surface area contributed by atoms with Crippen molar-refractivity contribution in [2.45, 2.75) is 97.8 Å². The van der Waals surface area contributed by atoms with Crippen LogP contribution in [-0.2, 0) is 9.59 Å². The van der Waals surface area contributed by atoms with Crippen molar-refractivity contribution in [2.24, 2.45) is 52.1 Å². The highest BCUT2D eigenvalue weighted by molar-refractivity contribution is 6.37. The van der Waals surface area contributed by atoms with E-state index in [9.17, 15) is 9.59 Å². The normalized spacial score (nSPS) is 45.0. The number of Topliss-reactive ketones (excluding diaryl/α,β-unsaturated/α-hetero) is 2. The van der Waals surface area contributed by atoms with Gasteiger partial charge in [-0.05, 0) is 104 Å². The highest BCUT2D eigenvalue weighted by atomic mass is 16.2. The molecule has 0 radical (unpaired) electrons. The summed E-state index contributed by atoms with van der Waals surface area (Å²) in [4.78, 5) is 23.5. The molecule has 0 bridgehead atoms. The summed E-state index contributed by atoms with van der Waals surface area (Å²) in [7, 11) is 0. The van der Waals surface area contributed by atoms with E-state index in [4.69, 9.17) is 5.73 Å². The lowest BCUT2D eigenvalue weighted by atomic mass is 9.44. The lowest BCUT2D eigenvalue weighted by molar-refractivity contribution is -0.136. The van der Waals surface area contributed by atoms with Gasteiger partial charge >= 0.3 is 0 Å². The first-order valence-electron chi connectivity index (χ1n) is 12.6. The Morgan fingerprint density at radius 3 is 2.41 bits per heavy atom. The van der Waals surface area contributed by atoms with Gasteiger partial charge in [0.25, 0.3) is 0 Å². The molecule has 0 heterocycles. The third-order valence-corrected chi connectivity index (χ3v) is 10.7. The minimum Gasteiger partial charge on any atom is -0.324 e. The predicted molar refractivity (Wildman–Crippen MR) is 117 cm³/mol. The number of hydrogen-bond acceptors (Lipinski definition) is 3. The number of carbonyl (C=O) groups excluding carboxylic acids is 2. The van der Waals surface area contributed by atoms with Gasteiger partial charge in [-0.1, -0.05) is 33.6 Å². The number of carbonyl (C=O) groups is 2. The predicted octanol–water partition coefficient (Wildman–Crippen LogP) is 5.55. The molecule has 0 aliphatic heterocycles. The summed E-state index contributed by atoms with van der Waals surface area (Å²) < 4.78 is 0. The maximum Gasteiger partial charge on any atom is 0.211 e. The van der Waals surface area contributed by atoms with Crippen molar-refractivity contribution in [2.75, 3.05) is 6.54 Å². The van der Waals surface area contributed by atoms with Gasteiger partial charge in [-0.2, -0.15) is 0 Å². The molecule has 8 atom stereocenters. The molecule has 4 aliphatic carbocycles. The molecule has 0 saturated heterocycles. The van der Waals surface area contributed by atoms with Crippen molar-refractivity contribution in [3.63, 3.8) is 0 Å². The zero-order valence-corrected chi connectivity index (χ0v) is 19.1. The van der Waals surface area contributed by atoms with Crippen LogP contribution in [0, 0.1) is 46.3 Å². The second-order valence-electron chi connectivity index (χ2n) is 11.7. The number of ketones is 2. The molecule has 1 unspecified atom stereocenters. The van der Waals surface area contributed by atoms with Crippen molar-refractivity contribution >= 4 is 11.6 Å². The average Bonchev–Trinajstić information content (AvgIpc) is 3.08. The van der Waals surface area contributed by atoms with E-state index in [-0.39, 0.29) is 12.3 Å². The fourth-order valence-electron chi connectivity index (χ4n) is 9.08. The van der Waals surface area contributed by atoms with Gasteiger partial charge in [0, 0.05) is 6.42 Å². The van der Waals surface area contributed by atoms with Gasteiger partial charge in [0.15, 0.2) is 5.78 Å². The van der Waals surface area contributed by atoms with E-state index in [1.165, 1.54) is 64.2 Å². The molecule has 164 valence electrons. The monoisotopic (exact) mass is 401 g/mol. The SMILES string of the molecule is C[C@H](CCC(=O)C(=O)CN)[C@H]1CC[C@H]2[C@@H]3CCC4CCCC[C@]4(C)[C@H]3CC[C@]12C. The molecule has 0 aromatic heterocycles. The average molecular weight is 402 g/mol. The molecule has 29 heavy (non-hydrogen) atoms. The van der Waals surface area contributed by atoms with E-state index in [0.29, 0.717) is 29.1 Å². The highest BCUT2D eigenvalue weighted by Gasteiger charge is 2.60. The molecule has 4 aliphatic rings. The Balaban J connectivity index is 1.45. The Labute approximate surface area is 178 Å². The second kappa shape index (κ2) is 8.09. The molecule has 4 fully saturated rings. The topological polar surface area (TPSA) is 60.2 Å². The molecular formula is C26H43NO2. The first kappa shape index (κ1) is 21.5. The summed E-state index contributed by atoms with van der Waals surface area (Å²) in [6, 6.07) is 0. The zero-order chi connectivity index (χ0) is 20.8. The van der Waals surface area contributed by atoms with Crippen molar-refractivity contribution < 1.29 is 9.59 Å². The summed E-state index contributed by atoms with van der Waals surface area (Å²) >= 11 is 0. The van der Waals surface area contributed by atoms with E-state index >= 15 is 0 Å². The standard InChI is InChI=1S/C26H43NO2/c1-17(7-12-23(28)24(29)16-27)20-10-11-21-19-9-8-18-6-4-5-14-25(18,2)22(19)13-15-26(20,21)3/h17-22H,4-16,27H2,1-3H3/t17-,18?,19+,20-,21+,22+,25+,26-/m1/s1. The van der Waals surface area contributed by atoms with Crippen molar-refractivity contribution in [1.29, 1.82) is 0 Å². The summed E-state index contributed by atoms with van der Waals surface area (Å²) in [6.07, 6.45) is 15.6. The Hall–Kier alpha value is -0.700. The lowest BCUT2D eigenvalue weighted by Crippen LogP contribution is -2.53. The van der Waals surface area contributed by atoms with Gasteiger partial charge in [0.05, 0.1) is 6.54 Å². The molecule has 0 aromatic carbocycles. The molecular weight excluding hydrogens is 358 g/mol. The molecule has 4 saturated carbocycles. The Bertz CT molecular complexity index is 645. The minimum absolute atomic E-state index is 0.140. The number of rotatable bonds is 6. The Kier molecular flexibility index (Phi) is 6.01. The van der Waals surface area contributed by atoms with Gasteiger partial charge in [-0.25, -0.2) is 0 Å². The molecule has 3 heteroatoms. The van der Waals surface area contributed by atoms with Crippen LogP contribution in [0.1, 0.15) is 97.8 Å². The van der Waals surface area contributed by atoms with Gasteiger partial charge in [-0.3, -0.25) is 9.59 Å². The summed E-state index contributed by atoms with van der Waals surface area (Å²) in [5, 5.41) is 0. The van der Waals surface area contributed by atoms with E-state index in [0.717, 1.165) is 30.1 Å². The van der Waals surface area contributed by atoms with E-state index in [1.54, 1.807) is 0 Å². The molecule has 0 spiro atoms. The minimum atomic E-state index is -0.397. The highest BCUT2D eigenvalue weighted by Crippen LogP contribution is 2.68. The smallest absolute Gasteiger partial charge is 0.211 e. The van der Waals surface area contributed by atoms with Crippen LogP contribution in [0.2, 0.25) is 0 Å². The second-order valence-corrected chi connectivity index (χ2v) is 11.7. The van der Waals surface area contributed by atoms with Crippen LogP contribution in [0.3, 0.4) is 0 Å². The largest absolute Gasteiger partial charge is 0.324 e. The maximum absolute atomic E-state index is 12.0. The van der Waals surface area contributed by atoms with Gasteiger partial charge in [0.2, 0.25) is 5.78 Å². The van der Waals surface area contributed by atoms with Crippen LogP contribution in [0.15, 0.2) is 0 Å². The fourth-order valence-corrected chi connectivity index (χ4v) is 9.08. The zero-order valence-electron chi connectivity index (χ0n) is 19.1. The van der Waals surface area contributed by atoms with Crippen LogP contribution in [0.25, 0.3) is 0 Å². The Morgan fingerprint density at radius 1 is 0.897 bits per heavy atom. The molecule has 0 amide bonds. The van der Waals surface area contributed by atoms with Crippen molar-refractivity contribution in [3.05, 3.63) is 0 Å². The van der Waals surface area contributed by atoms with Crippen LogP contribution in [0.4, 0.5) is 0 Å². The third-order valence-electron chi connectivity index (χ3n) is 10.7. The Morgan fingerprint density at radius 2 is 1.66 bits per heavy atom. The van der Waals surface area contributed by atoms with Gasteiger partial charge in [0.1, 0.15) is 0 Å². The third kappa shape index (κ3) is 3.54. The first-order valence-corrected chi connectivity index (χ1v) is 12.6. The van der Waals surface area contributed by atoms with Crippen LogP contribution in [-0.4, -0.2) is 18.1 Å². The summed E-state index contributed by atoms with van der Waals surface area (Å²) in [5.74, 6) is 4.35. The first-order chi connectivity index (χ1) is 13.8. The summed E-state index contributed by atoms with van der Waals surface area (Å²) in [5.41, 5.74) is 6.42. The van der Waals surface area contributed by atoms with Crippen LogP contribution < -0.4 is 5.73 Å².